The molecule has 36 valence electrons. The molecule has 1 nitrogen and oxygen atoms in total. The smallest absolute Gasteiger partial charge is 0.0649 e. The van der Waals surface area contributed by atoms with Gasteiger partial charge in [0, 0.05) is 0 Å². The van der Waals surface area contributed by atoms with Gasteiger partial charge in [-0.1, -0.05) is 6.92 Å². The summed E-state index contributed by atoms with van der Waals surface area (Å²) in [6, 6.07) is 0. The summed E-state index contributed by atoms with van der Waals surface area (Å²) in [6.45, 7) is 3.93. The molecule has 0 aliphatic heterocycles. The second-order valence-corrected chi connectivity index (χ2v) is 2.46. The highest BCUT2D eigenvalue weighted by molar-refractivity contribution is 4.95. The lowest BCUT2D eigenvalue weighted by molar-refractivity contribution is 0.155. The number of hydrogen-bond donors (Lipinski definition) is 1. The molecule has 0 aromatic heterocycles. The normalized spacial score (nSPS) is 55.5. The van der Waals surface area contributed by atoms with Crippen LogP contribution in [0, 0.1) is 5.92 Å². The summed E-state index contributed by atoms with van der Waals surface area (Å²) < 4.78 is 0. The van der Waals surface area contributed by atoms with Crippen LogP contribution in [-0.2, 0) is 0 Å². The van der Waals surface area contributed by atoms with Crippen LogP contribution in [0.2, 0.25) is 0 Å². The summed E-state index contributed by atoms with van der Waals surface area (Å²) in [4.78, 5) is 0. The molecule has 1 fully saturated rings. The van der Waals surface area contributed by atoms with Crippen LogP contribution in [-0.4, -0.2) is 10.7 Å². The Morgan fingerprint density at radius 3 is 2.00 bits per heavy atom. The fourth-order valence-electron chi connectivity index (χ4n) is 0.561. The lowest BCUT2D eigenvalue weighted by Crippen LogP contribution is -1.99. The van der Waals surface area contributed by atoms with E-state index in [9.17, 15) is 0 Å². The molecule has 0 amide bonds. The Hall–Kier alpha value is -0.0400. The van der Waals surface area contributed by atoms with Crippen LogP contribution in [0.5, 0.6) is 0 Å². The van der Waals surface area contributed by atoms with E-state index < -0.39 is 0 Å². The minimum Gasteiger partial charge on any atom is -0.390 e. The van der Waals surface area contributed by atoms with Gasteiger partial charge in [0.1, 0.15) is 0 Å². The van der Waals surface area contributed by atoms with Crippen LogP contribution >= 0.6 is 0 Å². The predicted octanol–water partition coefficient (Wildman–Crippen LogP) is 0.777. The zero-order chi connectivity index (χ0) is 4.78. The maximum Gasteiger partial charge on any atom is 0.0649 e. The molecule has 1 unspecified atom stereocenters. The SMILES string of the molecule is CC1C[C@]1(C)O. The Morgan fingerprint density at radius 1 is 1.83 bits per heavy atom. The van der Waals surface area contributed by atoms with Gasteiger partial charge in [-0.25, -0.2) is 0 Å². The molecule has 0 bridgehead atoms. The van der Waals surface area contributed by atoms with Crippen molar-refractivity contribution in [2.75, 3.05) is 0 Å². The molecule has 1 aliphatic rings. The van der Waals surface area contributed by atoms with Crippen molar-refractivity contribution >= 4 is 0 Å². The van der Waals surface area contributed by atoms with Gasteiger partial charge < -0.3 is 5.11 Å². The van der Waals surface area contributed by atoms with Crippen molar-refractivity contribution in [2.24, 2.45) is 5.92 Å². The van der Waals surface area contributed by atoms with Crippen LogP contribution in [0.3, 0.4) is 0 Å². The summed E-state index contributed by atoms with van der Waals surface area (Å²) in [5.41, 5.74) is -0.292. The standard InChI is InChI=1S/C5H10O/c1-4-3-5(4,2)6/h4,6H,3H2,1-2H3/t4?,5-/m0/s1. The number of rotatable bonds is 0. The molecular weight excluding hydrogens is 76.1 g/mol. The van der Waals surface area contributed by atoms with E-state index in [2.05, 4.69) is 6.92 Å². The summed E-state index contributed by atoms with van der Waals surface area (Å²) >= 11 is 0. The number of hydrogen-bond acceptors (Lipinski definition) is 1. The van der Waals surface area contributed by atoms with Crippen molar-refractivity contribution in [3.05, 3.63) is 0 Å². The van der Waals surface area contributed by atoms with Crippen molar-refractivity contribution in [1.29, 1.82) is 0 Å². The lowest BCUT2D eigenvalue weighted by Gasteiger charge is -1.92. The van der Waals surface area contributed by atoms with E-state index in [0.717, 1.165) is 6.42 Å². The summed E-state index contributed by atoms with van der Waals surface area (Å²) in [5.74, 6) is 0.553. The molecule has 0 spiro atoms. The zero-order valence-corrected chi connectivity index (χ0v) is 4.23. The Bertz CT molecular complexity index is 66.3. The zero-order valence-electron chi connectivity index (χ0n) is 4.23. The fraction of sp³-hybridized carbons (Fsp3) is 1.00. The number of aliphatic hydroxyl groups is 1. The molecule has 1 rings (SSSR count). The minimum atomic E-state index is -0.292. The molecule has 0 radical (unpaired) electrons. The third-order valence-corrected chi connectivity index (χ3v) is 1.62. The predicted molar refractivity (Wildman–Crippen MR) is 24.4 cm³/mol. The van der Waals surface area contributed by atoms with Crippen molar-refractivity contribution in [1.82, 2.24) is 0 Å². The van der Waals surface area contributed by atoms with Gasteiger partial charge in [-0.3, -0.25) is 0 Å². The van der Waals surface area contributed by atoms with Crippen molar-refractivity contribution in [3.8, 4) is 0 Å². The summed E-state index contributed by atoms with van der Waals surface area (Å²) in [6.07, 6.45) is 0.993. The van der Waals surface area contributed by atoms with Gasteiger partial charge >= 0.3 is 0 Å². The van der Waals surface area contributed by atoms with Gasteiger partial charge in [0.05, 0.1) is 5.60 Å². The average molecular weight is 86.1 g/mol. The lowest BCUT2D eigenvalue weighted by atomic mass is 10.3. The molecule has 0 heterocycles. The van der Waals surface area contributed by atoms with Gasteiger partial charge in [0.25, 0.3) is 0 Å². The highest BCUT2D eigenvalue weighted by Crippen LogP contribution is 2.41. The molecule has 0 aromatic carbocycles. The third-order valence-electron chi connectivity index (χ3n) is 1.62. The monoisotopic (exact) mass is 86.1 g/mol. The van der Waals surface area contributed by atoms with Gasteiger partial charge in [-0.05, 0) is 19.3 Å². The first kappa shape index (κ1) is 4.13. The maximum atomic E-state index is 8.90. The fourth-order valence-corrected chi connectivity index (χ4v) is 0.561. The quantitative estimate of drug-likeness (QED) is 0.462. The maximum absolute atomic E-state index is 8.90. The molecule has 1 saturated carbocycles. The second kappa shape index (κ2) is 0.784. The highest BCUT2D eigenvalue weighted by Gasteiger charge is 2.44. The van der Waals surface area contributed by atoms with E-state index in [1.807, 2.05) is 6.92 Å². The highest BCUT2D eigenvalue weighted by atomic mass is 16.3. The average Bonchev–Trinajstić information content (AvgIpc) is 1.73. The van der Waals surface area contributed by atoms with E-state index in [-0.39, 0.29) is 5.60 Å². The van der Waals surface area contributed by atoms with Crippen molar-refractivity contribution in [3.63, 3.8) is 0 Å². The van der Waals surface area contributed by atoms with Crippen LogP contribution in [0.1, 0.15) is 20.3 Å². The second-order valence-electron chi connectivity index (χ2n) is 2.46. The Balaban J connectivity index is 2.41. The van der Waals surface area contributed by atoms with Gasteiger partial charge in [-0.2, -0.15) is 0 Å². The molecule has 6 heavy (non-hydrogen) atoms. The van der Waals surface area contributed by atoms with Crippen molar-refractivity contribution in [2.45, 2.75) is 25.9 Å². The van der Waals surface area contributed by atoms with E-state index in [1.54, 1.807) is 0 Å². The van der Waals surface area contributed by atoms with Crippen LogP contribution in [0.15, 0.2) is 0 Å². The topological polar surface area (TPSA) is 20.2 Å². The molecule has 0 aromatic rings. The van der Waals surface area contributed by atoms with E-state index in [0.29, 0.717) is 5.92 Å². The largest absolute Gasteiger partial charge is 0.390 e. The minimum absolute atomic E-state index is 0.292. The van der Waals surface area contributed by atoms with Gasteiger partial charge in [0.2, 0.25) is 0 Å². The van der Waals surface area contributed by atoms with E-state index in [4.69, 9.17) is 5.11 Å². The Labute approximate surface area is 38.0 Å². The Kier molecular flexibility index (Phi) is 0.539. The summed E-state index contributed by atoms with van der Waals surface area (Å²) in [7, 11) is 0. The molecule has 0 saturated heterocycles. The van der Waals surface area contributed by atoms with Gasteiger partial charge in [-0.15, -0.1) is 0 Å². The first-order valence-electron chi connectivity index (χ1n) is 2.35. The van der Waals surface area contributed by atoms with Crippen LogP contribution in [0.25, 0.3) is 0 Å². The first-order chi connectivity index (χ1) is 2.63. The first-order valence-corrected chi connectivity index (χ1v) is 2.35. The molecule has 2 atom stereocenters. The molecular formula is C5H10O. The molecule has 1 heteroatoms. The van der Waals surface area contributed by atoms with Crippen LogP contribution < -0.4 is 0 Å². The third kappa shape index (κ3) is 0.432. The van der Waals surface area contributed by atoms with Crippen LogP contribution in [0.4, 0.5) is 0 Å². The van der Waals surface area contributed by atoms with E-state index >= 15 is 0 Å². The van der Waals surface area contributed by atoms with Gasteiger partial charge in [0.15, 0.2) is 0 Å². The van der Waals surface area contributed by atoms with E-state index in [1.165, 1.54) is 0 Å². The Morgan fingerprint density at radius 2 is 2.00 bits per heavy atom. The molecule has 1 aliphatic carbocycles. The summed E-state index contributed by atoms with van der Waals surface area (Å²) in [5, 5.41) is 8.90. The molecule has 1 N–H and O–H groups in total. The van der Waals surface area contributed by atoms with Crippen molar-refractivity contribution < 1.29 is 5.11 Å².